The van der Waals surface area contributed by atoms with Crippen LogP contribution in [0.5, 0.6) is 0 Å². The Kier molecular flexibility index (Phi) is 4.94. The molecule has 2 heterocycles. The number of methoxy groups -OCH3 is 1. The maximum atomic E-state index is 13.3. The van der Waals surface area contributed by atoms with Crippen molar-refractivity contribution in [3.63, 3.8) is 0 Å². The number of benzene rings is 2. The Balaban J connectivity index is 1.64. The highest BCUT2D eigenvalue weighted by atomic mass is 32.2. The quantitative estimate of drug-likeness (QED) is 0.750. The van der Waals surface area contributed by atoms with E-state index in [4.69, 9.17) is 4.74 Å². The zero-order valence-electron chi connectivity index (χ0n) is 14.9. The highest BCUT2D eigenvalue weighted by molar-refractivity contribution is 7.99. The van der Waals surface area contributed by atoms with Crippen LogP contribution < -0.4 is 0 Å². The molecule has 0 radical (unpaired) electrons. The molecule has 7 heteroatoms. The number of nitrogens with zero attached hydrogens (tertiary/aromatic N) is 2. The van der Waals surface area contributed by atoms with Gasteiger partial charge in [0.1, 0.15) is 11.4 Å². The van der Waals surface area contributed by atoms with E-state index < -0.39 is 12.4 Å². The average molecular weight is 384 g/mol. The van der Waals surface area contributed by atoms with Crippen LogP contribution in [0.4, 0.5) is 9.59 Å². The third-order valence-electron chi connectivity index (χ3n) is 4.80. The number of thioether (sulfide) groups is 1. The van der Waals surface area contributed by atoms with E-state index in [2.05, 4.69) is 4.74 Å². The second kappa shape index (κ2) is 7.52. The van der Waals surface area contributed by atoms with E-state index in [1.54, 1.807) is 16.7 Å². The summed E-state index contributed by atoms with van der Waals surface area (Å²) in [5, 5.41) is -0.0896. The molecule has 27 heavy (non-hydrogen) atoms. The second-order valence-corrected chi connectivity index (χ2v) is 7.54. The lowest BCUT2D eigenvalue weighted by atomic mass is 10.2. The summed E-state index contributed by atoms with van der Waals surface area (Å²) in [6.07, 6.45) is -1.45. The summed E-state index contributed by atoms with van der Waals surface area (Å²) in [7, 11) is 1.27. The number of urea groups is 1. The normalized spacial score (nSPS) is 24.0. The first kappa shape index (κ1) is 17.7. The summed E-state index contributed by atoms with van der Waals surface area (Å²) in [6, 6.07) is 19.3. The first-order valence-electron chi connectivity index (χ1n) is 8.73. The Morgan fingerprint density at radius 1 is 1.11 bits per heavy atom. The van der Waals surface area contributed by atoms with Crippen molar-refractivity contribution in [2.75, 3.05) is 12.9 Å². The van der Waals surface area contributed by atoms with Crippen molar-refractivity contribution >= 4 is 23.9 Å². The molecule has 2 aromatic carbocycles. The molecule has 0 N–H and O–H groups in total. The van der Waals surface area contributed by atoms with Crippen molar-refractivity contribution in [2.24, 2.45) is 0 Å². The fourth-order valence-corrected chi connectivity index (χ4v) is 5.01. The molecule has 0 spiro atoms. The first-order valence-corrected chi connectivity index (χ1v) is 9.78. The number of hydrogen-bond acceptors (Lipinski definition) is 5. The zero-order valence-corrected chi connectivity index (χ0v) is 15.7. The SMILES string of the molecule is COC(=O)O[C@H]1[C@@H]2CSC(c3ccccc3)N2C(=O)N1Cc1ccccc1. The molecule has 0 saturated carbocycles. The molecule has 2 aliphatic rings. The van der Waals surface area contributed by atoms with Gasteiger partial charge in [0.05, 0.1) is 13.7 Å². The maximum Gasteiger partial charge on any atom is 0.510 e. The van der Waals surface area contributed by atoms with E-state index in [1.165, 1.54) is 7.11 Å². The van der Waals surface area contributed by atoms with Crippen LogP contribution in [-0.4, -0.2) is 47.1 Å². The number of carbonyl (C=O) groups excluding carboxylic acids is 2. The number of carbonyl (C=O) groups is 2. The van der Waals surface area contributed by atoms with Gasteiger partial charge >= 0.3 is 12.2 Å². The molecule has 3 atom stereocenters. The highest BCUT2D eigenvalue weighted by Gasteiger charge is 2.54. The van der Waals surface area contributed by atoms with Crippen LogP contribution in [0.3, 0.4) is 0 Å². The third kappa shape index (κ3) is 3.35. The standard InChI is InChI=1S/C20H20N2O4S/c1-25-20(24)26-17-16-13-27-18(15-10-6-3-7-11-15)22(16)19(23)21(17)12-14-8-4-2-5-9-14/h2-11,16-18H,12-13H2,1H3/t16-,17-,18?/m0/s1. The van der Waals surface area contributed by atoms with E-state index in [1.807, 2.05) is 65.6 Å². The molecular weight excluding hydrogens is 364 g/mol. The Morgan fingerprint density at radius 3 is 2.44 bits per heavy atom. The Morgan fingerprint density at radius 2 is 1.78 bits per heavy atom. The van der Waals surface area contributed by atoms with E-state index in [0.29, 0.717) is 12.3 Å². The second-order valence-electron chi connectivity index (χ2n) is 6.43. The summed E-state index contributed by atoms with van der Waals surface area (Å²) in [5.41, 5.74) is 2.05. The molecule has 2 aromatic rings. The van der Waals surface area contributed by atoms with E-state index in [0.717, 1.165) is 11.1 Å². The van der Waals surface area contributed by atoms with Gasteiger partial charge in [-0.1, -0.05) is 60.7 Å². The van der Waals surface area contributed by atoms with Gasteiger partial charge in [0.15, 0.2) is 0 Å². The van der Waals surface area contributed by atoms with Gasteiger partial charge in [0.25, 0.3) is 0 Å². The van der Waals surface area contributed by atoms with E-state index >= 15 is 0 Å². The van der Waals surface area contributed by atoms with Crippen LogP contribution in [0.15, 0.2) is 60.7 Å². The molecule has 2 fully saturated rings. The molecule has 0 aliphatic carbocycles. The van der Waals surface area contributed by atoms with Crippen LogP contribution in [0, 0.1) is 0 Å². The van der Waals surface area contributed by atoms with Crippen molar-refractivity contribution in [1.82, 2.24) is 9.80 Å². The van der Waals surface area contributed by atoms with Gasteiger partial charge in [0, 0.05) is 5.75 Å². The molecule has 6 nitrogen and oxygen atoms in total. The molecule has 2 amide bonds. The largest absolute Gasteiger partial charge is 0.510 e. The molecule has 1 unspecified atom stereocenters. The van der Waals surface area contributed by atoms with Crippen molar-refractivity contribution in [3.8, 4) is 0 Å². The van der Waals surface area contributed by atoms with Crippen LogP contribution >= 0.6 is 11.8 Å². The smallest absolute Gasteiger partial charge is 0.438 e. The first-order chi connectivity index (χ1) is 13.2. The molecular formula is C20H20N2O4S. The van der Waals surface area contributed by atoms with Gasteiger partial charge in [0.2, 0.25) is 6.23 Å². The number of ether oxygens (including phenoxy) is 2. The predicted molar refractivity (Wildman–Crippen MR) is 102 cm³/mol. The molecule has 0 aromatic heterocycles. The summed E-state index contributed by atoms with van der Waals surface area (Å²) < 4.78 is 10.2. The summed E-state index contributed by atoms with van der Waals surface area (Å²) in [6.45, 7) is 0.376. The van der Waals surface area contributed by atoms with Gasteiger partial charge in [-0.05, 0) is 11.1 Å². The minimum absolute atomic E-state index is 0.0896. The fourth-order valence-electron chi connectivity index (χ4n) is 3.55. The summed E-state index contributed by atoms with van der Waals surface area (Å²) in [4.78, 5) is 28.5. The van der Waals surface area contributed by atoms with Gasteiger partial charge in [-0.3, -0.25) is 9.80 Å². The van der Waals surface area contributed by atoms with Crippen molar-refractivity contribution in [3.05, 3.63) is 71.8 Å². The lowest BCUT2D eigenvalue weighted by Crippen LogP contribution is -2.40. The topological polar surface area (TPSA) is 59.1 Å². The molecule has 0 bridgehead atoms. The average Bonchev–Trinajstić information content (AvgIpc) is 3.25. The monoisotopic (exact) mass is 384 g/mol. The Hall–Kier alpha value is -2.67. The van der Waals surface area contributed by atoms with Gasteiger partial charge in [-0.15, -0.1) is 11.8 Å². The number of hydrogen-bond donors (Lipinski definition) is 0. The number of fused-ring (bicyclic) bond motifs is 1. The van der Waals surface area contributed by atoms with Gasteiger partial charge in [-0.2, -0.15) is 0 Å². The highest BCUT2D eigenvalue weighted by Crippen LogP contribution is 2.47. The van der Waals surface area contributed by atoms with E-state index in [9.17, 15) is 9.59 Å². The molecule has 2 aliphatic heterocycles. The zero-order chi connectivity index (χ0) is 18.8. The lowest BCUT2D eigenvalue weighted by Gasteiger charge is -2.25. The fraction of sp³-hybridized carbons (Fsp3) is 0.300. The Labute approximate surface area is 162 Å². The van der Waals surface area contributed by atoms with Crippen LogP contribution in [0.25, 0.3) is 0 Å². The summed E-state index contributed by atoms with van der Waals surface area (Å²) in [5.74, 6) is 0.693. The molecule has 4 rings (SSSR count). The van der Waals surface area contributed by atoms with Crippen LogP contribution in [0.1, 0.15) is 16.5 Å². The van der Waals surface area contributed by atoms with Gasteiger partial charge < -0.3 is 9.47 Å². The minimum Gasteiger partial charge on any atom is -0.438 e. The van der Waals surface area contributed by atoms with Crippen LogP contribution in [-0.2, 0) is 16.0 Å². The van der Waals surface area contributed by atoms with Crippen molar-refractivity contribution in [2.45, 2.75) is 24.2 Å². The number of rotatable bonds is 4. The maximum absolute atomic E-state index is 13.3. The van der Waals surface area contributed by atoms with Crippen LogP contribution in [0.2, 0.25) is 0 Å². The van der Waals surface area contributed by atoms with Crippen molar-refractivity contribution < 1.29 is 19.1 Å². The number of amides is 2. The molecule has 140 valence electrons. The molecule has 2 saturated heterocycles. The summed E-state index contributed by atoms with van der Waals surface area (Å²) >= 11 is 1.68. The lowest BCUT2D eigenvalue weighted by molar-refractivity contribution is -0.0232. The Bertz CT molecular complexity index is 817. The van der Waals surface area contributed by atoms with Gasteiger partial charge in [-0.25, -0.2) is 9.59 Å². The van der Waals surface area contributed by atoms with E-state index in [-0.39, 0.29) is 17.4 Å². The van der Waals surface area contributed by atoms with Crippen molar-refractivity contribution in [1.29, 1.82) is 0 Å². The minimum atomic E-state index is -0.777. The third-order valence-corrected chi connectivity index (χ3v) is 6.15. The predicted octanol–water partition coefficient (Wildman–Crippen LogP) is 3.85.